The molecule has 1 fully saturated rings. The minimum absolute atomic E-state index is 0.122. The van der Waals surface area contributed by atoms with Crippen molar-refractivity contribution in [3.63, 3.8) is 0 Å². The lowest BCUT2D eigenvalue weighted by Gasteiger charge is -2.50. The molecule has 8 heteroatoms. The number of anilines is 2. The van der Waals surface area contributed by atoms with E-state index in [0.717, 1.165) is 28.3 Å². The predicted molar refractivity (Wildman–Crippen MR) is 128 cm³/mol. The second-order valence-electron chi connectivity index (χ2n) is 9.36. The lowest BCUT2D eigenvalue weighted by atomic mass is 9.92. The zero-order valence-corrected chi connectivity index (χ0v) is 19.8. The van der Waals surface area contributed by atoms with E-state index in [1.54, 1.807) is 18.6 Å². The minimum Gasteiger partial charge on any atom is -0.388 e. The normalized spacial score (nSPS) is 20.1. The van der Waals surface area contributed by atoms with Crippen molar-refractivity contribution in [2.75, 3.05) is 22.9 Å². The van der Waals surface area contributed by atoms with Gasteiger partial charge in [0.05, 0.1) is 23.5 Å². The molecule has 3 aromatic rings. The zero-order valence-electron chi connectivity index (χ0n) is 19.8. The summed E-state index contributed by atoms with van der Waals surface area (Å²) in [6, 6.07) is 9.36. The molecule has 0 spiro atoms. The van der Waals surface area contributed by atoms with E-state index in [0.29, 0.717) is 18.8 Å². The van der Waals surface area contributed by atoms with Gasteiger partial charge in [0.1, 0.15) is 11.9 Å². The molecule has 2 N–H and O–H groups in total. The molecule has 3 atom stereocenters. The highest BCUT2D eigenvalue weighted by molar-refractivity contribution is 5.55. The molecule has 8 nitrogen and oxygen atoms in total. The van der Waals surface area contributed by atoms with Gasteiger partial charge >= 0.3 is 0 Å². The van der Waals surface area contributed by atoms with Gasteiger partial charge in [-0.05, 0) is 51.3 Å². The first-order chi connectivity index (χ1) is 15.7. The smallest absolute Gasteiger partial charge is 0.154 e. The van der Waals surface area contributed by atoms with E-state index in [1.165, 1.54) is 0 Å². The molecule has 174 valence electrons. The van der Waals surface area contributed by atoms with Crippen molar-refractivity contribution in [3.8, 4) is 0 Å². The van der Waals surface area contributed by atoms with Crippen LogP contribution in [-0.2, 0) is 0 Å². The molecule has 1 saturated heterocycles. The maximum atomic E-state index is 11.1. The van der Waals surface area contributed by atoms with Crippen molar-refractivity contribution in [1.29, 1.82) is 0 Å². The van der Waals surface area contributed by atoms with Crippen LogP contribution in [0.15, 0.2) is 48.9 Å². The van der Waals surface area contributed by atoms with Crippen LogP contribution in [0.4, 0.5) is 11.6 Å². The zero-order chi connectivity index (χ0) is 23.8. The summed E-state index contributed by atoms with van der Waals surface area (Å²) in [5.41, 5.74) is 2.18. The SMILES string of the molecule is Cc1c([C@H](O)c2ccccc2)nnc(N2CC(C)N(c3cnccn3)CC2C(C)(C)O)c1C. The van der Waals surface area contributed by atoms with Gasteiger partial charge in [0.25, 0.3) is 0 Å². The molecule has 33 heavy (non-hydrogen) atoms. The summed E-state index contributed by atoms with van der Waals surface area (Å²) in [4.78, 5) is 13.0. The number of rotatable bonds is 5. The number of piperazine rings is 1. The number of aliphatic hydroxyl groups is 2. The summed E-state index contributed by atoms with van der Waals surface area (Å²) in [6.45, 7) is 10.9. The van der Waals surface area contributed by atoms with Crippen molar-refractivity contribution in [2.24, 2.45) is 0 Å². The number of hydrogen-bond acceptors (Lipinski definition) is 8. The van der Waals surface area contributed by atoms with Gasteiger partial charge in [0.2, 0.25) is 0 Å². The van der Waals surface area contributed by atoms with E-state index in [4.69, 9.17) is 0 Å². The third-order valence-corrected chi connectivity index (χ3v) is 6.58. The summed E-state index contributed by atoms with van der Waals surface area (Å²) >= 11 is 0. The molecule has 0 radical (unpaired) electrons. The first-order valence-corrected chi connectivity index (χ1v) is 11.3. The molecule has 2 unspecified atom stereocenters. The number of hydrogen-bond donors (Lipinski definition) is 2. The lowest BCUT2D eigenvalue weighted by molar-refractivity contribution is 0.0453. The highest BCUT2D eigenvalue weighted by Crippen LogP contribution is 2.34. The predicted octanol–water partition coefficient (Wildman–Crippen LogP) is 2.82. The van der Waals surface area contributed by atoms with Crippen LogP contribution >= 0.6 is 0 Å². The van der Waals surface area contributed by atoms with E-state index in [2.05, 4.69) is 36.9 Å². The van der Waals surface area contributed by atoms with E-state index < -0.39 is 11.7 Å². The number of aliphatic hydroxyl groups excluding tert-OH is 1. The van der Waals surface area contributed by atoms with E-state index in [1.807, 2.05) is 58.0 Å². The Morgan fingerprint density at radius 1 is 1.00 bits per heavy atom. The first kappa shape index (κ1) is 23.1. The van der Waals surface area contributed by atoms with E-state index in [9.17, 15) is 10.2 Å². The van der Waals surface area contributed by atoms with Crippen LogP contribution in [0, 0.1) is 13.8 Å². The molecule has 4 rings (SSSR count). The number of benzene rings is 1. The van der Waals surface area contributed by atoms with Gasteiger partial charge in [-0.2, -0.15) is 5.10 Å². The highest BCUT2D eigenvalue weighted by Gasteiger charge is 2.41. The molecule has 0 saturated carbocycles. The molecule has 0 bridgehead atoms. The minimum atomic E-state index is -0.995. The Morgan fingerprint density at radius 3 is 2.36 bits per heavy atom. The molecule has 0 aliphatic carbocycles. The fraction of sp³-hybridized carbons (Fsp3) is 0.440. The van der Waals surface area contributed by atoms with Gasteiger partial charge in [-0.1, -0.05) is 30.3 Å². The Labute approximate surface area is 195 Å². The molecular weight excluding hydrogens is 416 g/mol. The Kier molecular flexibility index (Phi) is 6.32. The Bertz CT molecular complexity index is 1090. The third-order valence-electron chi connectivity index (χ3n) is 6.58. The molecule has 1 aromatic carbocycles. The van der Waals surface area contributed by atoms with Crippen LogP contribution in [0.25, 0.3) is 0 Å². The Morgan fingerprint density at radius 2 is 1.73 bits per heavy atom. The second-order valence-corrected chi connectivity index (χ2v) is 9.36. The van der Waals surface area contributed by atoms with Crippen molar-refractivity contribution in [3.05, 3.63) is 71.3 Å². The van der Waals surface area contributed by atoms with Gasteiger partial charge in [-0.3, -0.25) is 4.98 Å². The Hall–Kier alpha value is -3.10. The largest absolute Gasteiger partial charge is 0.388 e. The summed E-state index contributed by atoms with van der Waals surface area (Å²) in [7, 11) is 0. The van der Waals surface area contributed by atoms with Crippen molar-refractivity contribution in [2.45, 2.75) is 58.4 Å². The van der Waals surface area contributed by atoms with Crippen molar-refractivity contribution in [1.82, 2.24) is 20.2 Å². The van der Waals surface area contributed by atoms with E-state index in [-0.39, 0.29) is 12.1 Å². The van der Waals surface area contributed by atoms with Crippen LogP contribution < -0.4 is 9.80 Å². The van der Waals surface area contributed by atoms with Crippen LogP contribution in [0.5, 0.6) is 0 Å². The number of aromatic nitrogens is 4. The quantitative estimate of drug-likeness (QED) is 0.615. The van der Waals surface area contributed by atoms with Crippen molar-refractivity contribution >= 4 is 11.6 Å². The second kappa shape index (κ2) is 9.03. The molecule has 1 aliphatic heterocycles. The molecule has 1 aliphatic rings. The average molecular weight is 449 g/mol. The molecular formula is C25H32N6O2. The monoisotopic (exact) mass is 448 g/mol. The van der Waals surface area contributed by atoms with Gasteiger partial charge in [-0.25, -0.2) is 4.98 Å². The summed E-state index contributed by atoms with van der Waals surface area (Å²) in [6.07, 6.45) is 4.25. The molecule has 0 amide bonds. The molecule has 3 heterocycles. The molecule has 2 aromatic heterocycles. The lowest BCUT2D eigenvalue weighted by Crippen LogP contribution is -2.64. The topological polar surface area (TPSA) is 98.5 Å². The van der Waals surface area contributed by atoms with Crippen LogP contribution in [-0.4, -0.2) is 61.2 Å². The highest BCUT2D eigenvalue weighted by atomic mass is 16.3. The summed E-state index contributed by atoms with van der Waals surface area (Å²) in [5, 5.41) is 31.0. The van der Waals surface area contributed by atoms with Gasteiger partial charge < -0.3 is 20.0 Å². The Balaban J connectivity index is 1.69. The third kappa shape index (κ3) is 4.54. The van der Waals surface area contributed by atoms with Crippen LogP contribution in [0.1, 0.15) is 49.3 Å². The average Bonchev–Trinajstić information content (AvgIpc) is 2.80. The summed E-state index contributed by atoms with van der Waals surface area (Å²) in [5.74, 6) is 1.52. The van der Waals surface area contributed by atoms with Crippen molar-refractivity contribution < 1.29 is 10.2 Å². The van der Waals surface area contributed by atoms with Gasteiger partial charge in [0.15, 0.2) is 5.82 Å². The standard InChI is InChI=1S/C25H32N6O2/c1-16-14-31(20(25(4,5)33)15-30(16)21-13-26-11-12-27-21)24-18(3)17(2)22(28-29-24)23(32)19-9-7-6-8-10-19/h6-13,16,20,23,32-33H,14-15H2,1-5H3/t16?,20?,23-/m1/s1. The number of nitrogens with zero attached hydrogens (tertiary/aromatic N) is 6. The van der Waals surface area contributed by atoms with Gasteiger partial charge in [0, 0.05) is 31.5 Å². The fourth-order valence-electron chi connectivity index (χ4n) is 4.51. The maximum absolute atomic E-state index is 11.1. The van der Waals surface area contributed by atoms with Crippen LogP contribution in [0.3, 0.4) is 0 Å². The first-order valence-electron chi connectivity index (χ1n) is 11.3. The fourth-order valence-corrected chi connectivity index (χ4v) is 4.51. The van der Waals surface area contributed by atoms with E-state index >= 15 is 0 Å². The van der Waals surface area contributed by atoms with Crippen LogP contribution in [0.2, 0.25) is 0 Å². The summed E-state index contributed by atoms with van der Waals surface area (Å²) < 4.78 is 0. The maximum Gasteiger partial charge on any atom is 0.154 e. The van der Waals surface area contributed by atoms with Gasteiger partial charge in [-0.15, -0.1) is 5.10 Å².